The van der Waals surface area contributed by atoms with Crippen molar-refractivity contribution in [2.45, 2.75) is 102 Å². The molecule has 1 N–H and O–H groups in total. The lowest BCUT2D eigenvalue weighted by atomic mass is 9.89. The number of carbonyl (C=O) groups excluding carboxylic acids is 3. The van der Waals surface area contributed by atoms with Crippen LogP contribution in [0.25, 0.3) is 0 Å². The molecule has 0 aromatic heterocycles. The average molecular weight is 554 g/mol. The molecule has 1 aromatic carbocycles. The minimum atomic E-state index is -0.938. The molecule has 3 aliphatic heterocycles. The molecule has 4 fully saturated rings. The summed E-state index contributed by atoms with van der Waals surface area (Å²) in [4.78, 5) is 45.8. The van der Waals surface area contributed by atoms with Crippen LogP contribution in [0, 0.1) is 23.1 Å². The number of rotatable bonds is 7. The lowest BCUT2D eigenvalue weighted by Crippen LogP contribution is -2.59. The standard InChI is InChI=1S/C30H40FN5O4/c1-30(2,3)40-29(39)33-24(27(37)35-14-6-9-22(35)16-32)18-34-17-23-15-25(34)28(38)36(23)26(19-7-4-5-8-19)20-10-12-21(31)13-11-20/h10-13,19,22-26H,4-9,14-15,17-18H2,1-3H3,(H,33,39)/t22-,23+,24-,25+,26-/m0/s1. The van der Waals surface area contributed by atoms with Crippen molar-refractivity contribution in [3.05, 3.63) is 35.6 Å². The smallest absolute Gasteiger partial charge is 0.408 e. The predicted octanol–water partition coefficient (Wildman–Crippen LogP) is 3.75. The fourth-order valence-corrected chi connectivity index (χ4v) is 7.08. The third-order valence-corrected chi connectivity index (χ3v) is 8.76. The maximum Gasteiger partial charge on any atom is 0.408 e. The van der Waals surface area contributed by atoms with Gasteiger partial charge in [-0.3, -0.25) is 14.5 Å². The van der Waals surface area contributed by atoms with Crippen molar-refractivity contribution in [3.8, 4) is 6.07 Å². The third kappa shape index (κ3) is 5.80. The number of fused-ring (bicyclic) bond motifs is 2. The van der Waals surface area contributed by atoms with Gasteiger partial charge in [0.15, 0.2) is 0 Å². The SMILES string of the molecule is CC(C)(C)OC(=O)N[C@@H](CN1C[C@H]2C[C@@H]1C(=O)N2[C@H](c1ccc(F)cc1)C1CCCC1)C(=O)N1CCC[C@H]1C#N. The predicted molar refractivity (Wildman–Crippen MR) is 145 cm³/mol. The molecule has 5 atom stereocenters. The Bertz CT molecular complexity index is 1160. The molecule has 0 radical (unpaired) electrons. The number of amides is 3. The van der Waals surface area contributed by atoms with Crippen molar-refractivity contribution in [2.24, 2.45) is 5.92 Å². The van der Waals surface area contributed by atoms with Crippen LogP contribution >= 0.6 is 0 Å². The Morgan fingerprint density at radius 3 is 2.48 bits per heavy atom. The number of hydrogen-bond donors (Lipinski definition) is 1. The van der Waals surface area contributed by atoms with Gasteiger partial charge in [-0.25, -0.2) is 9.18 Å². The van der Waals surface area contributed by atoms with Gasteiger partial charge in [-0.2, -0.15) is 5.26 Å². The number of likely N-dealkylation sites (tertiary alicyclic amines) is 3. The largest absolute Gasteiger partial charge is 0.444 e. The van der Waals surface area contributed by atoms with E-state index in [2.05, 4.69) is 11.4 Å². The summed E-state index contributed by atoms with van der Waals surface area (Å²) in [5.41, 5.74) is 0.233. The molecule has 1 aliphatic carbocycles. The molecule has 5 rings (SSSR count). The number of nitrogens with one attached hydrogen (secondary N) is 1. The molecule has 2 bridgehead atoms. The highest BCUT2D eigenvalue weighted by atomic mass is 19.1. The van der Waals surface area contributed by atoms with Gasteiger partial charge in [-0.1, -0.05) is 25.0 Å². The maximum atomic E-state index is 13.9. The third-order valence-electron chi connectivity index (χ3n) is 8.76. The number of nitrogens with zero attached hydrogens (tertiary/aromatic N) is 4. The molecule has 4 aliphatic rings. The molecular weight excluding hydrogens is 513 g/mol. The minimum absolute atomic E-state index is 0.0240. The van der Waals surface area contributed by atoms with Crippen molar-refractivity contribution >= 4 is 17.9 Å². The number of hydrogen-bond acceptors (Lipinski definition) is 6. The summed E-state index contributed by atoms with van der Waals surface area (Å²) in [6.45, 7) is 6.47. The molecule has 9 nitrogen and oxygen atoms in total. The van der Waals surface area contributed by atoms with Crippen molar-refractivity contribution in [1.29, 1.82) is 5.26 Å². The molecule has 1 saturated carbocycles. The first-order valence-corrected chi connectivity index (χ1v) is 14.6. The molecule has 0 unspecified atom stereocenters. The fraction of sp³-hybridized carbons (Fsp3) is 0.667. The van der Waals surface area contributed by atoms with E-state index in [1.165, 1.54) is 17.0 Å². The number of piperazine rings is 1. The maximum absolute atomic E-state index is 13.9. The van der Waals surface area contributed by atoms with Gasteiger partial charge in [0.05, 0.1) is 18.2 Å². The van der Waals surface area contributed by atoms with E-state index in [1.54, 1.807) is 32.9 Å². The van der Waals surface area contributed by atoms with Crippen molar-refractivity contribution in [3.63, 3.8) is 0 Å². The lowest BCUT2D eigenvalue weighted by molar-refractivity contribution is -0.142. The Morgan fingerprint density at radius 2 is 1.85 bits per heavy atom. The lowest BCUT2D eigenvalue weighted by Gasteiger charge is -2.42. The number of carbonyl (C=O) groups is 3. The molecule has 0 spiro atoms. The van der Waals surface area contributed by atoms with Crippen LogP contribution < -0.4 is 5.32 Å². The summed E-state index contributed by atoms with van der Waals surface area (Å²) in [5, 5.41) is 12.3. The van der Waals surface area contributed by atoms with Gasteiger partial charge in [-0.05, 0) is 76.5 Å². The topological polar surface area (TPSA) is 106 Å². The van der Waals surface area contributed by atoms with Gasteiger partial charge in [0.1, 0.15) is 23.5 Å². The number of halogens is 1. The molecule has 10 heteroatoms. The molecule has 40 heavy (non-hydrogen) atoms. The van der Waals surface area contributed by atoms with Crippen LogP contribution in [0.2, 0.25) is 0 Å². The van der Waals surface area contributed by atoms with E-state index in [0.29, 0.717) is 31.8 Å². The zero-order valence-corrected chi connectivity index (χ0v) is 23.6. The summed E-state index contributed by atoms with van der Waals surface area (Å²) >= 11 is 0. The minimum Gasteiger partial charge on any atom is -0.444 e. The van der Waals surface area contributed by atoms with E-state index in [1.807, 2.05) is 9.80 Å². The number of nitriles is 1. The summed E-state index contributed by atoms with van der Waals surface area (Å²) in [6.07, 6.45) is 5.63. The van der Waals surface area contributed by atoms with E-state index in [0.717, 1.165) is 37.7 Å². The number of benzene rings is 1. The summed E-state index contributed by atoms with van der Waals surface area (Å²) < 4.78 is 19.2. The highest BCUT2D eigenvalue weighted by Crippen LogP contribution is 2.45. The zero-order chi connectivity index (χ0) is 28.6. The van der Waals surface area contributed by atoms with Gasteiger partial charge in [0.2, 0.25) is 11.8 Å². The second kappa shape index (κ2) is 11.4. The summed E-state index contributed by atoms with van der Waals surface area (Å²) in [7, 11) is 0. The van der Waals surface area contributed by atoms with Gasteiger partial charge in [0.25, 0.3) is 0 Å². The summed E-state index contributed by atoms with van der Waals surface area (Å²) in [5.74, 6) is -0.253. The molecule has 3 heterocycles. The normalized spacial score (nSPS) is 26.7. The van der Waals surface area contributed by atoms with Crippen LogP contribution in [0.15, 0.2) is 24.3 Å². The van der Waals surface area contributed by atoms with E-state index in [-0.39, 0.29) is 36.3 Å². The van der Waals surface area contributed by atoms with Crippen molar-refractivity contribution in [1.82, 2.24) is 20.0 Å². The van der Waals surface area contributed by atoms with Crippen molar-refractivity contribution < 1.29 is 23.5 Å². The van der Waals surface area contributed by atoms with Gasteiger partial charge in [-0.15, -0.1) is 0 Å². The number of alkyl carbamates (subject to hydrolysis) is 1. The Morgan fingerprint density at radius 1 is 1.15 bits per heavy atom. The molecule has 1 aromatic rings. The van der Waals surface area contributed by atoms with E-state index < -0.39 is 29.8 Å². The van der Waals surface area contributed by atoms with Gasteiger partial charge in [0, 0.05) is 25.7 Å². The van der Waals surface area contributed by atoms with Gasteiger partial charge >= 0.3 is 6.09 Å². The average Bonchev–Trinajstić information content (AvgIpc) is 3.69. The first-order valence-electron chi connectivity index (χ1n) is 14.6. The Balaban J connectivity index is 1.34. The first-order chi connectivity index (χ1) is 19.1. The molecular formula is C30H40FN5O4. The highest BCUT2D eigenvalue weighted by Gasteiger charge is 2.54. The Kier molecular flexibility index (Phi) is 8.05. The quantitative estimate of drug-likeness (QED) is 0.551. The Labute approximate surface area is 235 Å². The first kappa shape index (κ1) is 28.3. The highest BCUT2D eigenvalue weighted by molar-refractivity contribution is 5.88. The van der Waals surface area contributed by atoms with Crippen molar-refractivity contribution in [2.75, 3.05) is 19.6 Å². The second-order valence-corrected chi connectivity index (χ2v) is 12.7. The van der Waals surface area contributed by atoms with Crippen LogP contribution in [0.1, 0.15) is 77.3 Å². The Hall–Kier alpha value is -3.19. The number of ether oxygens (including phenoxy) is 1. The molecule has 216 valence electrons. The van der Waals surface area contributed by atoms with Crippen LogP contribution in [0.3, 0.4) is 0 Å². The van der Waals surface area contributed by atoms with Gasteiger partial charge < -0.3 is 19.9 Å². The van der Waals surface area contributed by atoms with E-state index >= 15 is 0 Å². The monoisotopic (exact) mass is 553 g/mol. The van der Waals surface area contributed by atoms with Crippen LogP contribution in [0.5, 0.6) is 0 Å². The van der Waals surface area contributed by atoms with E-state index in [9.17, 15) is 24.0 Å². The molecule has 3 saturated heterocycles. The van der Waals surface area contributed by atoms with Crippen LogP contribution in [0.4, 0.5) is 9.18 Å². The fourth-order valence-electron chi connectivity index (χ4n) is 7.08. The van der Waals surface area contributed by atoms with Crippen LogP contribution in [-0.4, -0.2) is 82.0 Å². The molecule has 3 amide bonds. The summed E-state index contributed by atoms with van der Waals surface area (Å²) in [6, 6.07) is 6.76. The zero-order valence-electron chi connectivity index (χ0n) is 23.6. The van der Waals surface area contributed by atoms with E-state index in [4.69, 9.17) is 4.74 Å². The van der Waals surface area contributed by atoms with Crippen LogP contribution in [-0.2, 0) is 14.3 Å². The second-order valence-electron chi connectivity index (χ2n) is 12.7.